The first kappa shape index (κ1) is 30.8. The molecular weight excluding hydrogens is 546 g/mol. The third kappa shape index (κ3) is 7.65. The molecule has 4 atom stereocenters. The summed E-state index contributed by atoms with van der Waals surface area (Å²) in [5.74, 6) is 2.12. The number of para-hydroxylation sites is 1. The lowest BCUT2D eigenvalue weighted by molar-refractivity contribution is -0.176. The van der Waals surface area contributed by atoms with Gasteiger partial charge in [-0.3, -0.25) is 0 Å². The number of rotatable bonds is 14. The van der Waals surface area contributed by atoms with Crippen molar-refractivity contribution in [1.29, 1.82) is 0 Å². The zero-order valence-corrected chi connectivity index (χ0v) is 25.0. The predicted octanol–water partition coefficient (Wildman–Crippen LogP) is 5.62. The molecule has 43 heavy (non-hydrogen) atoms. The number of methoxy groups -OCH3 is 3. The number of ether oxygens (including phenoxy) is 6. The van der Waals surface area contributed by atoms with Crippen molar-refractivity contribution in [3.63, 3.8) is 0 Å². The SMILES string of the molecule is COc1ccccc1COCCCOc1ccc([C@H]2[C@H](O)CNC[C@@H]2OC(OC)c2cc(OC)c3ccccc3c2)cc1. The largest absolute Gasteiger partial charge is 0.496 e. The minimum absolute atomic E-state index is 0.237. The van der Waals surface area contributed by atoms with E-state index in [0.29, 0.717) is 32.9 Å². The van der Waals surface area contributed by atoms with Crippen LogP contribution >= 0.6 is 0 Å². The molecule has 1 saturated heterocycles. The second-order valence-corrected chi connectivity index (χ2v) is 10.6. The van der Waals surface area contributed by atoms with E-state index in [9.17, 15) is 5.11 Å². The van der Waals surface area contributed by atoms with Gasteiger partial charge in [-0.1, -0.05) is 54.6 Å². The lowest BCUT2D eigenvalue weighted by Gasteiger charge is -2.38. The topological polar surface area (TPSA) is 87.6 Å². The summed E-state index contributed by atoms with van der Waals surface area (Å²) in [7, 11) is 4.96. The summed E-state index contributed by atoms with van der Waals surface area (Å²) in [6.07, 6.45) is -0.809. The Balaban J connectivity index is 1.18. The van der Waals surface area contributed by atoms with Crippen molar-refractivity contribution in [2.45, 2.75) is 37.4 Å². The average molecular weight is 588 g/mol. The van der Waals surface area contributed by atoms with Crippen LogP contribution in [0.15, 0.2) is 84.9 Å². The van der Waals surface area contributed by atoms with E-state index in [-0.39, 0.29) is 12.0 Å². The van der Waals surface area contributed by atoms with Crippen LogP contribution in [0.3, 0.4) is 0 Å². The fourth-order valence-electron chi connectivity index (χ4n) is 5.62. The van der Waals surface area contributed by atoms with Gasteiger partial charge in [0.1, 0.15) is 17.2 Å². The van der Waals surface area contributed by atoms with Crippen molar-refractivity contribution in [3.05, 3.63) is 102 Å². The lowest BCUT2D eigenvalue weighted by Crippen LogP contribution is -2.50. The summed E-state index contributed by atoms with van der Waals surface area (Å²) in [4.78, 5) is 0. The Hall–Kier alpha value is -3.66. The fraction of sp³-hybridized carbons (Fsp3) is 0.371. The van der Waals surface area contributed by atoms with Gasteiger partial charge in [0.2, 0.25) is 0 Å². The molecule has 1 aliphatic heterocycles. The second-order valence-electron chi connectivity index (χ2n) is 10.6. The molecule has 4 aromatic rings. The van der Waals surface area contributed by atoms with E-state index in [1.54, 1.807) is 21.3 Å². The van der Waals surface area contributed by atoms with E-state index in [1.165, 1.54) is 0 Å². The first-order valence-electron chi connectivity index (χ1n) is 14.7. The number of piperidine rings is 1. The Morgan fingerprint density at radius 3 is 2.40 bits per heavy atom. The maximum atomic E-state index is 11.0. The maximum Gasteiger partial charge on any atom is 0.184 e. The van der Waals surface area contributed by atoms with E-state index in [2.05, 4.69) is 11.4 Å². The first-order valence-corrected chi connectivity index (χ1v) is 14.7. The van der Waals surface area contributed by atoms with E-state index in [0.717, 1.165) is 51.1 Å². The van der Waals surface area contributed by atoms with Crippen LogP contribution in [0, 0.1) is 0 Å². The van der Waals surface area contributed by atoms with Gasteiger partial charge >= 0.3 is 0 Å². The molecule has 4 aromatic carbocycles. The minimum atomic E-state index is -0.633. The van der Waals surface area contributed by atoms with Crippen LogP contribution in [-0.2, 0) is 20.8 Å². The molecule has 0 saturated carbocycles. The van der Waals surface area contributed by atoms with Crippen LogP contribution in [0.1, 0.15) is 35.3 Å². The van der Waals surface area contributed by atoms with Crippen molar-refractivity contribution in [3.8, 4) is 17.2 Å². The van der Waals surface area contributed by atoms with Crippen LogP contribution in [0.2, 0.25) is 0 Å². The van der Waals surface area contributed by atoms with Crippen molar-refractivity contribution < 1.29 is 33.5 Å². The quantitative estimate of drug-likeness (QED) is 0.145. The maximum absolute atomic E-state index is 11.0. The monoisotopic (exact) mass is 587 g/mol. The third-order valence-electron chi connectivity index (χ3n) is 7.78. The Labute approximate surface area is 253 Å². The number of benzene rings is 4. The second kappa shape index (κ2) is 15.2. The molecule has 0 amide bonds. The number of aliphatic hydroxyl groups is 1. The van der Waals surface area contributed by atoms with Crippen LogP contribution in [0.5, 0.6) is 17.2 Å². The van der Waals surface area contributed by atoms with Crippen molar-refractivity contribution >= 4 is 10.8 Å². The molecule has 0 aliphatic carbocycles. The summed E-state index contributed by atoms with van der Waals surface area (Å²) >= 11 is 0. The predicted molar refractivity (Wildman–Crippen MR) is 166 cm³/mol. The fourth-order valence-corrected chi connectivity index (χ4v) is 5.62. The molecule has 8 nitrogen and oxygen atoms in total. The highest BCUT2D eigenvalue weighted by Crippen LogP contribution is 2.36. The molecule has 228 valence electrons. The Bertz CT molecular complexity index is 1440. The van der Waals surface area contributed by atoms with Gasteiger partial charge in [-0.2, -0.15) is 0 Å². The zero-order chi connectivity index (χ0) is 30.0. The van der Waals surface area contributed by atoms with Gasteiger partial charge in [0.05, 0.1) is 46.2 Å². The Morgan fingerprint density at radius 1 is 0.837 bits per heavy atom. The molecule has 2 N–H and O–H groups in total. The van der Waals surface area contributed by atoms with Crippen molar-refractivity contribution in [1.82, 2.24) is 5.32 Å². The van der Waals surface area contributed by atoms with Crippen LogP contribution in [0.25, 0.3) is 10.8 Å². The number of aliphatic hydroxyl groups excluding tert-OH is 1. The highest BCUT2D eigenvalue weighted by atomic mass is 16.7. The van der Waals surface area contributed by atoms with E-state index in [4.69, 9.17) is 28.4 Å². The van der Waals surface area contributed by atoms with Gasteiger partial charge < -0.3 is 38.8 Å². The summed E-state index contributed by atoms with van der Waals surface area (Å²) < 4.78 is 35.1. The Morgan fingerprint density at radius 2 is 1.60 bits per heavy atom. The van der Waals surface area contributed by atoms with Crippen LogP contribution < -0.4 is 19.5 Å². The van der Waals surface area contributed by atoms with Gasteiger partial charge in [0.15, 0.2) is 6.29 Å². The summed E-state index contributed by atoms with van der Waals surface area (Å²) in [5.41, 5.74) is 2.86. The highest BCUT2D eigenvalue weighted by Gasteiger charge is 2.36. The molecule has 1 heterocycles. The summed E-state index contributed by atoms with van der Waals surface area (Å²) in [5, 5.41) is 16.4. The molecule has 5 rings (SSSR count). The smallest absolute Gasteiger partial charge is 0.184 e. The Kier molecular flexibility index (Phi) is 10.9. The first-order chi connectivity index (χ1) is 21.1. The normalized spacial score (nSPS) is 19.2. The third-order valence-corrected chi connectivity index (χ3v) is 7.78. The van der Waals surface area contributed by atoms with Crippen LogP contribution in [0.4, 0.5) is 0 Å². The molecule has 1 fully saturated rings. The zero-order valence-electron chi connectivity index (χ0n) is 25.0. The number of fused-ring (bicyclic) bond motifs is 1. The van der Waals surface area contributed by atoms with Gasteiger partial charge in [0.25, 0.3) is 0 Å². The number of β-amino-alcohol motifs (C(OH)–C–C–N with tert-alkyl or cyclic N) is 1. The molecule has 1 unspecified atom stereocenters. The van der Waals surface area contributed by atoms with Crippen LogP contribution in [-0.4, -0.2) is 64.9 Å². The van der Waals surface area contributed by atoms with Crippen molar-refractivity contribution in [2.75, 3.05) is 47.6 Å². The van der Waals surface area contributed by atoms with Gasteiger partial charge in [-0.05, 0) is 41.3 Å². The standard InChI is InChI=1S/C35H41NO7/c1-38-31-12-7-5-10-26(31)23-41-17-8-18-42-28-15-13-24(14-16-28)34-30(37)21-36-22-33(34)43-35(40-3)27-19-25-9-4-6-11-29(25)32(20-27)39-2/h4-7,9-16,19-20,30,33-37H,8,17-18,21-23H2,1-3H3/t30-,33+,34+,35?/m1/s1. The molecule has 1 aliphatic rings. The van der Waals surface area contributed by atoms with E-state index < -0.39 is 12.4 Å². The number of hydrogen-bond acceptors (Lipinski definition) is 8. The summed E-state index contributed by atoms with van der Waals surface area (Å²) in [6.45, 7) is 2.69. The van der Waals surface area contributed by atoms with Gasteiger partial charge in [0, 0.05) is 49.1 Å². The number of nitrogens with one attached hydrogen (secondary N) is 1. The molecule has 0 aromatic heterocycles. The van der Waals surface area contributed by atoms with Gasteiger partial charge in [-0.25, -0.2) is 0 Å². The molecule has 0 radical (unpaired) electrons. The molecular formula is C35H41NO7. The van der Waals surface area contributed by atoms with Gasteiger partial charge in [-0.15, -0.1) is 0 Å². The molecule has 0 spiro atoms. The highest BCUT2D eigenvalue weighted by molar-refractivity contribution is 5.89. The number of hydrogen-bond donors (Lipinski definition) is 2. The lowest BCUT2D eigenvalue weighted by atomic mass is 9.85. The summed E-state index contributed by atoms with van der Waals surface area (Å²) in [6, 6.07) is 27.8. The van der Waals surface area contributed by atoms with E-state index in [1.807, 2.05) is 78.9 Å². The molecule has 8 heteroatoms. The van der Waals surface area contributed by atoms with Crippen molar-refractivity contribution in [2.24, 2.45) is 0 Å². The minimum Gasteiger partial charge on any atom is -0.496 e. The molecule has 0 bridgehead atoms. The van der Waals surface area contributed by atoms with E-state index >= 15 is 0 Å². The average Bonchev–Trinajstić information content (AvgIpc) is 3.05.